The van der Waals surface area contributed by atoms with Crippen LogP contribution >= 0.6 is 22.9 Å². The highest BCUT2D eigenvalue weighted by Crippen LogP contribution is 2.32. The van der Waals surface area contributed by atoms with Crippen molar-refractivity contribution >= 4 is 91.9 Å². The molecule has 23 nitrogen and oxygen atoms in total. The van der Waals surface area contributed by atoms with Crippen LogP contribution in [0.2, 0.25) is 5.02 Å². The van der Waals surface area contributed by atoms with Gasteiger partial charge in [0.2, 0.25) is 11.8 Å². The van der Waals surface area contributed by atoms with Crippen LogP contribution in [0.4, 0.5) is 36.0 Å². The Morgan fingerprint density at radius 1 is 0.843 bits per heavy atom. The lowest BCUT2D eigenvalue weighted by Crippen LogP contribution is -2.59. The van der Waals surface area contributed by atoms with Crippen molar-refractivity contribution in [3.8, 4) is 0 Å². The first-order valence-corrected chi connectivity index (χ1v) is 29.0. The number of benzene rings is 2. The van der Waals surface area contributed by atoms with Gasteiger partial charge in [0.15, 0.2) is 16.8 Å². The number of hydrogen-bond donors (Lipinski definition) is 5. The predicted octanol–water partition coefficient (Wildman–Crippen LogP) is 5.92. The van der Waals surface area contributed by atoms with Gasteiger partial charge in [0.25, 0.3) is 17.7 Å². The van der Waals surface area contributed by atoms with E-state index in [4.69, 9.17) is 25.8 Å². The zero-order valence-electron chi connectivity index (χ0n) is 47.3. The van der Waals surface area contributed by atoms with E-state index >= 15 is 0 Å². The average Bonchev–Trinajstić information content (AvgIpc) is 2.60. The number of aryl methyl sites for hydroxylation is 3. The smallest absolute Gasteiger partial charge is 0.407 e. The summed E-state index contributed by atoms with van der Waals surface area (Å²) in [5.74, 6) is -2.99. The molecule has 8 rings (SSSR count). The van der Waals surface area contributed by atoms with Crippen LogP contribution in [0.15, 0.2) is 42.6 Å². The van der Waals surface area contributed by atoms with Crippen LogP contribution in [0.5, 0.6) is 0 Å². The fourth-order valence-electron chi connectivity index (χ4n) is 10.4. The maximum atomic E-state index is 14.7. The summed E-state index contributed by atoms with van der Waals surface area (Å²) in [4.78, 5) is 103. The zero-order valence-corrected chi connectivity index (χ0v) is 48.9. The van der Waals surface area contributed by atoms with Crippen LogP contribution in [-0.4, -0.2) is 204 Å². The number of nitrogens with one attached hydrogen (secondary N) is 4. The molecule has 27 heteroatoms. The molecule has 1 aliphatic carbocycles. The van der Waals surface area contributed by atoms with Gasteiger partial charge in [0.05, 0.1) is 67.6 Å². The first-order chi connectivity index (χ1) is 39.9. The molecule has 3 aromatic heterocycles. The number of para-hydroxylation sites is 1. The first kappa shape index (κ1) is 62.0. The molecule has 448 valence electrons. The molecular formula is C56H72ClF2N13O10S. The van der Waals surface area contributed by atoms with Gasteiger partial charge in [-0.3, -0.25) is 33.8 Å². The van der Waals surface area contributed by atoms with Crippen molar-refractivity contribution < 1.29 is 56.9 Å². The molecule has 2 aromatic carbocycles. The molecule has 0 radical (unpaired) electrons. The molecule has 3 fully saturated rings. The zero-order chi connectivity index (χ0) is 59.3. The molecule has 2 atom stereocenters. The van der Waals surface area contributed by atoms with Gasteiger partial charge in [-0.05, 0) is 57.2 Å². The summed E-state index contributed by atoms with van der Waals surface area (Å²) in [7, 11) is 2.78. The minimum absolute atomic E-state index is 0.0366. The van der Waals surface area contributed by atoms with Gasteiger partial charge in [0.1, 0.15) is 40.1 Å². The van der Waals surface area contributed by atoms with Crippen LogP contribution < -0.4 is 26.2 Å². The molecule has 2 unspecified atom stereocenters. The van der Waals surface area contributed by atoms with E-state index in [1.165, 1.54) is 48.0 Å². The van der Waals surface area contributed by atoms with Gasteiger partial charge in [-0.1, -0.05) is 54.3 Å². The van der Waals surface area contributed by atoms with E-state index in [1.54, 1.807) is 11.0 Å². The van der Waals surface area contributed by atoms with Crippen molar-refractivity contribution in [1.82, 2.24) is 49.8 Å². The number of fused-ring (bicyclic) bond motifs is 1. The van der Waals surface area contributed by atoms with E-state index in [9.17, 15) is 42.7 Å². The van der Waals surface area contributed by atoms with E-state index in [1.807, 2.05) is 32.0 Å². The Morgan fingerprint density at radius 3 is 2.19 bits per heavy atom. The van der Waals surface area contributed by atoms with Crippen LogP contribution in [0, 0.1) is 31.4 Å². The van der Waals surface area contributed by atoms with Gasteiger partial charge in [-0.2, -0.15) is 0 Å². The lowest BCUT2D eigenvalue weighted by molar-refractivity contribution is -0.140. The van der Waals surface area contributed by atoms with Gasteiger partial charge in [0, 0.05) is 97.1 Å². The molecule has 83 heavy (non-hydrogen) atoms. The lowest BCUT2D eigenvalue weighted by Gasteiger charge is -2.39. The van der Waals surface area contributed by atoms with E-state index in [0.29, 0.717) is 52.2 Å². The summed E-state index contributed by atoms with van der Waals surface area (Å²) in [6.07, 6.45) is 4.46. The molecule has 0 bridgehead atoms. The van der Waals surface area contributed by atoms with Crippen LogP contribution in [-0.2, 0) is 30.8 Å². The van der Waals surface area contributed by atoms with E-state index in [0.717, 1.165) is 93.2 Å². The Labute approximate surface area is 488 Å². The highest BCUT2D eigenvalue weighted by molar-refractivity contribution is 7.17. The second kappa shape index (κ2) is 28.9. The summed E-state index contributed by atoms with van der Waals surface area (Å²) >= 11 is 7.51. The molecule has 2 aliphatic heterocycles. The minimum atomic E-state index is -1.28. The van der Waals surface area contributed by atoms with Crippen molar-refractivity contribution in [2.75, 3.05) is 128 Å². The fraction of sp³-hybridized carbons (Fsp3) is 0.518. The number of aromatic nitrogens is 4. The summed E-state index contributed by atoms with van der Waals surface area (Å²) in [6, 6.07) is 7.22. The molecule has 0 spiro atoms. The quantitative estimate of drug-likeness (QED) is 0.0450. The third kappa shape index (κ3) is 15.8. The van der Waals surface area contributed by atoms with E-state index in [2.05, 4.69) is 46.0 Å². The number of hydrogen-bond acceptors (Lipinski definition) is 16. The second-order valence-corrected chi connectivity index (χ2v) is 22.2. The number of nitrogens with zero attached hydrogens (tertiary/aromatic N) is 9. The molecule has 5 heterocycles. The third-order valence-electron chi connectivity index (χ3n) is 15.3. The van der Waals surface area contributed by atoms with Crippen LogP contribution in [0.3, 0.4) is 0 Å². The maximum Gasteiger partial charge on any atom is 0.407 e. The first-order valence-electron chi connectivity index (χ1n) is 27.8. The number of anilines is 4. The fourth-order valence-corrected chi connectivity index (χ4v) is 11.4. The van der Waals surface area contributed by atoms with Crippen molar-refractivity contribution in [3.63, 3.8) is 0 Å². The van der Waals surface area contributed by atoms with Gasteiger partial charge in [-0.25, -0.2) is 28.5 Å². The number of ether oxygens (including phenoxy) is 3. The normalized spacial score (nSPS) is 15.9. The predicted molar refractivity (Wildman–Crippen MR) is 309 cm³/mol. The number of carbonyl (C=O) groups is 6. The van der Waals surface area contributed by atoms with Crippen LogP contribution in [0.1, 0.15) is 80.9 Å². The van der Waals surface area contributed by atoms with Gasteiger partial charge < -0.3 is 59.9 Å². The standard InChI is InChI=1S/C56H72ClF2N13O10S/c1-34-10-9-13-39(57)47(34)65-51(74)43-33-61-55(83-43)64-44-32-45(63-36(3)62-44)70-17-15-69(16-18-70)23-25-81-27-29-82-28-26-80-24-14-60-52(75)46-38-30-40(58)41(59)31-42(38)68(5)49(46)54(77)72-21-19-71(20-22-72)53(76)48(37-11-7-6-8-12-37)66-50(73)35(2)67(4)56(78)79/h9-10,13,30-33,35,37,48H,6-8,11-12,14-29H2,1-5H3,(H,60,75)(H,65,74)(H,66,73)(H,78,79)(H,61,62,63,64). The number of rotatable bonds is 24. The number of piperazine rings is 2. The monoisotopic (exact) mass is 1190 g/mol. The maximum absolute atomic E-state index is 14.7. The lowest BCUT2D eigenvalue weighted by atomic mass is 9.83. The summed E-state index contributed by atoms with van der Waals surface area (Å²) in [5.41, 5.74) is 1.34. The summed E-state index contributed by atoms with van der Waals surface area (Å²) < 4.78 is 47.9. The second-order valence-electron chi connectivity index (χ2n) is 20.8. The molecule has 5 N–H and O–H groups in total. The highest BCUT2D eigenvalue weighted by atomic mass is 35.5. The Morgan fingerprint density at radius 2 is 1.51 bits per heavy atom. The van der Waals surface area contributed by atoms with Crippen LogP contribution in [0.25, 0.3) is 10.9 Å². The van der Waals surface area contributed by atoms with Crippen molar-refractivity contribution in [2.45, 2.75) is 65.0 Å². The van der Waals surface area contributed by atoms with Crippen molar-refractivity contribution in [3.05, 3.63) is 86.8 Å². The largest absolute Gasteiger partial charge is 0.465 e. The molecule has 1 saturated carbocycles. The Bertz CT molecular complexity index is 3110. The Kier molecular flexibility index (Phi) is 21.6. The Hall–Kier alpha value is -7.10. The topological polar surface area (TPSA) is 258 Å². The molecule has 2 saturated heterocycles. The number of thiazole rings is 1. The number of likely N-dealkylation sites (N-methyl/N-ethyl adjacent to an activating group) is 1. The molecule has 5 aromatic rings. The molecule has 3 aliphatic rings. The number of carbonyl (C=O) groups excluding carboxylic acids is 5. The van der Waals surface area contributed by atoms with Gasteiger partial charge in [-0.15, -0.1) is 0 Å². The molecular weight excluding hydrogens is 1120 g/mol. The number of amides is 6. The van der Waals surface area contributed by atoms with E-state index in [-0.39, 0.29) is 92.4 Å². The number of carboxylic acid groups (broad SMARTS) is 1. The van der Waals surface area contributed by atoms with Gasteiger partial charge >= 0.3 is 6.09 Å². The third-order valence-corrected chi connectivity index (χ3v) is 16.5. The Balaban J connectivity index is 0.725. The van der Waals surface area contributed by atoms with Crippen molar-refractivity contribution in [1.29, 1.82) is 0 Å². The summed E-state index contributed by atoms with van der Waals surface area (Å²) in [5, 5.41) is 22.1. The minimum Gasteiger partial charge on any atom is -0.465 e. The summed E-state index contributed by atoms with van der Waals surface area (Å²) in [6.45, 7) is 11.3. The average molecular weight is 1190 g/mol. The SMILES string of the molecule is Cc1nc(Nc2ncc(C(=O)Nc3c(C)cccc3Cl)s2)cc(N2CCN(CCOCCOCCOCCNC(=O)c3c(C(=O)N4CCN(C(=O)C(NC(=O)C(C)N(C)C(=O)O)C5CCCCC5)CC4)n(C)c4cc(F)c(F)cc34)CC2)n1. The molecule has 6 amide bonds. The van der Waals surface area contributed by atoms with Crippen molar-refractivity contribution in [2.24, 2.45) is 13.0 Å². The number of halogens is 3. The highest BCUT2D eigenvalue weighted by Gasteiger charge is 2.38. The van der Waals surface area contributed by atoms with E-state index < -0.39 is 47.5 Å².